The van der Waals surface area contributed by atoms with E-state index in [1.54, 1.807) is 18.2 Å². The summed E-state index contributed by atoms with van der Waals surface area (Å²) in [6.45, 7) is -0.157. The number of carbonyl (C=O) groups is 1. The highest BCUT2D eigenvalue weighted by atomic mass is 32.2. The van der Waals surface area contributed by atoms with E-state index in [0.717, 1.165) is 4.31 Å². The van der Waals surface area contributed by atoms with Crippen LogP contribution in [0.15, 0.2) is 35.2 Å². The van der Waals surface area contributed by atoms with Crippen LogP contribution in [-0.2, 0) is 14.8 Å². The summed E-state index contributed by atoms with van der Waals surface area (Å²) < 4.78 is 24.7. The van der Waals surface area contributed by atoms with Gasteiger partial charge in [-0.1, -0.05) is 18.2 Å². The van der Waals surface area contributed by atoms with Gasteiger partial charge in [0, 0.05) is 0 Å². The van der Waals surface area contributed by atoms with Gasteiger partial charge < -0.3 is 5.11 Å². The quantitative estimate of drug-likeness (QED) is 0.789. The average Bonchev–Trinajstić information content (AvgIpc) is 2.60. The number of β-amino-alcohol motifs (C(OH)–C–C–N with tert-alkyl or cyclic N) is 1. The Bertz CT molecular complexity index is 497. The van der Waals surface area contributed by atoms with Crippen molar-refractivity contribution < 1.29 is 18.3 Å². The molecule has 1 atom stereocenters. The zero-order valence-corrected chi connectivity index (χ0v) is 9.22. The lowest BCUT2D eigenvalue weighted by molar-refractivity contribution is -0.123. The second kappa shape index (κ2) is 3.88. The normalized spacial score (nSPS) is 21.4. The van der Waals surface area contributed by atoms with Crippen LogP contribution in [-0.4, -0.2) is 36.4 Å². The van der Waals surface area contributed by atoms with Gasteiger partial charge in [-0.3, -0.25) is 4.79 Å². The molecular formula is C10H11NO4S. The lowest BCUT2D eigenvalue weighted by atomic mass is 10.3. The Morgan fingerprint density at radius 3 is 2.38 bits per heavy atom. The van der Waals surface area contributed by atoms with Gasteiger partial charge in [0.2, 0.25) is 5.91 Å². The van der Waals surface area contributed by atoms with Crippen molar-refractivity contribution in [3.8, 4) is 0 Å². The maximum Gasteiger partial charge on any atom is 0.266 e. The summed E-state index contributed by atoms with van der Waals surface area (Å²) in [5.74, 6) is -0.559. The fourth-order valence-corrected chi connectivity index (χ4v) is 3.08. The molecule has 1 aromatic carbocycles. The Balaban J connectivity index is 2.37. The molecule has 5 nitrogen and oxygen atoms in total. The molecule has 16 heavy (non-hydrogen) atoms. The van der Waals surface area contributed by atoms with Crippen LogP contribution >= 0.6 is 0 Å². The van der Waals surface area contributed by atoms with Crippen molar-refractivity contribution in [2.75, 3.05) is 6.54 Å². The smallest absolute Gasteiger partial charge is 0.266 e. The Morgan fingerprint density at radius 2 is 1.88 bits per heavy atom. The van der Waals surface area contributed by atoms with E-state index in [9.17, 15) is 18.3 Å². The first kappa shape index (κ1) is 11.1. The van der Waals surface area contributed by atoms with Crippen LogP contribution < -0.4 is 0 Å². The molecule has 1 fully saturated rings. The molecule has 86 valence electrons. The van der Waals surface area contributed by atoms with Crippen molar-refractivity contribution in [2.24, 2.45) is 0 Å². The van der Waals surface area contributed by atoms with E-state index >= 15 is 0 Å². The summed E-state index contributed by atoms with van der Waals surface area (Å²) in [5, 5.41) is 9.25. The number of benzene rings is 1. The number of amides is 1. The Kier molecular flexibility index (Phi) is 2.69. The van der Waals surface area contributed by atoms with E-state index in [-0.39, 0.29) is 17.9 Å². The number of carbonyl (C=O) groups excluding carboxylic acids is 1. The minimum atomic E-state index is -3.80. The number of rotatable bonds is 2. The van der Waals surface area contributed by atoms with E-state index in [1.807, 2.05) is 0 Å². The van der Waals surface area contributed by atoms with Crippen LogP contribution in [0.2, 0.25) is 0 Å². The Morgan fingerprint density at radius 1 is 1.25 bits per heavy atom. The second-order valence-electron chi connectivity index (χ2n) is 3.60. The summed E-state index contributed by atoms with van der Waals surface area (Å²) >= 11 is 0. The predicted molar refractivity (Wildman–Crippen MR) is 56.0 cm³/mol. The van der Waals surface area contributed by atoms with Crippen LogP contribution in [0.4, 0.5) is 0 Å². The van der Waals surface area contributed by atoms with E-state index < -0.39 is 22.0 Å². The van der Waals surface area contributed by atoms with Gasteiger partial charge in [-0.05, 0) is 12.1 Å². The largest absolute Gasteiger partial charge is 0.391 e. The molecule has 1 aromatic rings. The summed E-state index contributed by atoms with van der Waals surface area (Å²) in [6, 6.07) is 7.72. The van der Waals surface area contributed by atoms with Crippen molar-refractivity contribution in [1.29, 1.82) is 0 Å². The summed E-state index contributed by atoms with van der Waals surface area (Å²) in [5.41, 5.74) is 0. The fraction of sp³-hybridized carbons (Fsp3) is 0.300. The first-order chi connectivity index (χ1) is 7.51. The van der Waals surface area contributed by atoms with Crippen LogP contribution in [0.1, 0.15) is 6.42 Å². The van der Waals surface area contributed by atoms with E-state index in [0.29, 0.717) is 0 Å². The van der Waals surface area contributed by atoms with Crippen LogP contribution in [0.25, 0.3) is 0 Å². The van der Waals surface area contributed by atoms with E-state index in [4.69, 9.17) is 0 Å². The number of aliphatic hydroxyl groups is 1. The van der Waals surface area contributed by atoms with Crippen molar-refractivity contribution in [3.63, 3.8) is 0 Å². The zero-order valence-electron chi connectivity index (χ0n) is 8.41. The minimum absolute atomic E-state index is 0.0671. The maximum atomic E-state index is 12.0. The third kappa shape index (κ3) is 1.81. The molecular weight excluding hydrogens is 230 g/mol. The van der Waals surface area contributed by atoms with Gasteiger partial charge in [-0.25, -0.2) is 12.7 Å². The lowest BCUT2D eigenvalue weighted by Gasteiger charge is -2.15. The molecule has 1 amide bonds. The highest BCUT2D eigenvalue weighted by molar-refractivity contribution is 7.89. The minimum Gasteiger partial charge on any atom is -0.391 e. The lowest BCUT2D eigenvalue weighted by Crippen LogP contribution is -2.32. The molecule has 1 aliphatic heterocycles. The zero-order chi connectivity index (χ0) is 11.8. The summed E-state index contributed by atoms with van der Waals surface area (Å²) in [6.07, 6.45) is -1.03. The molecule has 0 aromatic heterocycles. The molecule has 1 unspecified atom stereocenters. The average molecular weight is 241 g/mol. The number of hydrogen-bond donors (Lipinski definition) is 1. The van der Waals surface area contributed by atoms with Crippen molar-refractivity contribution in [3.05, 3.63) is 30.3 Å². The number of aliphatic hydroxyl groups excluding tert-OH is 1. The molecule has 0 aliphatic carbocycles. The van der Waals surface area contributed by atoms with Crippen LogP contribution in [0.3, 0.4) is 0 Å². The predicted octanol–water partition coefficient (Wildman–Crippen LogP) is -0.0315. The molecule has 2 rings (SSSR count). The fourth-order valence-electron chi connectivity index (χ4n) is 1.61. The molecule has 6 heteroatoms. The Labute approximate surface area is 93.4 Å². The van der Waals surface area contributed by atoms with Crippen LogP contribution in [0.5, 0.6) is 0 Å². The number of hydrogen-bond acceptors (Lipinski definition) is 4. The first-order valence-corrected chi connectivity index (χ1v) is 6.24. The SMILES string of the molecule is O=C1CC(O)CN1S(=O)(=O)c1ccccc1. The van der Waals surface area contributed by atoms with Crippen molar-refractivity contribution >= 4 is 15.9 Å². The van der Waals surface area contributed by atoms with Crippen molar-refractivity contribution in [2.45, 2.75) is 17.4 Å². The molecule has 0 radical (unpaired) electrons. The van der Waals surface area contributed by atoms with E-state index in [2.05, 4.69) is 0 Å². The summed E-state index contributed by atoms with van der Waals surface area (Å²) in [7, 11) is -3.80. The number of nitrogens with zero attached hydrogens (tertiary/aromatic N) is 1. The highest BCUT2D eigenvalue weighted by Crippen LogP contribution is 2.21. The summed E-state index contributed by atoms with van der Waals surface area (Å²) in [4.78, 5) is 11.5. The maximum absolute atomic E-state index is 12.0. The van der Waals surface area contributed by atoms with Gasteiger partial charge in [0.25, 0.3) is 10.0 Å². The molecule has 0 saturated carbocycles. The molecule has 1 aliphatic rings. The highest BCUT2D eigenvalue weighted by Gasteiger charge is 2.37. The van der Waals surface area contributed by atoms with Crippen LogP contribution in [0, 0.1) is 0 Å². The van der Waals surface area contributed by atoms with Crippen molar-refractivity contribution in [1.82, 2.24) is 4.31 Å². The van der Waals surface area contributed by atoms with Gasteiger partial charge in [0.05, 0.1) is 24.0 Å². The number of sulfonamides is 1. The Hall–Kier alpha value is -1.40. The molecule has 1 N–H and O–H groups in total. The van der Waals surface area contributed by atoms with Gasteiger partial charge in [-0.2, -0.15) is 0 Å². The standard InChI is InChI=1S/C10H11NO4S/c12-8-6-10(13)11(7-8)16(14,15)9-4-2-1-3-5-9/h1-5,8,12H,6-7H2. The first-order valence-electron chi connectivity index (χ1n) is 4.80. The monoisotopic (exact) mass is 241 g/mol. The topological polar surface area (TPSA) is 74.7 Å². The third-order valence-electron chi connectivity index (χ3n) is 2.40. The third-order valence-corrected chi connectivity index (χ3v) is 4.20. The molecule has 0 bridgehead atoms. The van der Waals surface area contributed by atoms with Gasteiger partial charge >= 0.3 is 0 Å². The van der Waals surface area contributed by atoms with Gasteiger partial charge in [-0.15, -0.1) is 0 Å². The molecule has 1 saturated heterocycles. The van der Waals surface area contributed by atoms with E-state index in [1.165, 1.54) is 12.1 Å². The van der Waals surface area contributed by atoms with Gasteiger partial charge in [0.1, 0.15) is 0 Å². The second-order valence-corrected chi connectivity index (χ2v) is 5.46. The molecule has 1 heterocycles. The molecule has 0 spiro atoms. The van der Waals surface area contributed by atoms with Gasteiger partial charge in [0.15, 0.2) is 0 Å².